The summed E-state index contributed by atoms with van der Waals surface area (Å²) >= 11 is 1.40. The van der Waals surface area contributed by atoms with E-state index in [2.05, 4.69) is 14.7 Å². The number of sulfonamides is 1. The number of carbonyl (C=O) groups is 1. The van der Waals surface area contributed by atoms with Crippen LogP contribution in [0.15, 0.2) is 0 Å². The zero-order valence-corrected chi connectivity index (χ0v) is 17.1. The maximum absolute atomic E-state index is 13.2. The topological polar surface area (TPSA) is 92.3 Å². The van der Waals surface area contributed by atoms with Crippen LogP contribution in [0, 0.1) is 20.8 Å². The lowest BCUT2D eigenvalue weighted by Gasteiger charge is -2.35. The van der Waals surface area contributed by atoms with Crippen LogP contribution in [0.5, 0.6) is 0 Å². The molecule has 0 unspecified atom stereocenters. The average molecular weight is 397 g/mol. The van der Waals surface area contributed by atoms with Gasteiger partial charge in [0.2, 0.25) is 10.0 Å². The number of aryl methyl sites for hydroxylation is 3. The van der Waals surface area contributed by atoms with Crippen LogP contribution in [-0.4, -0.2) is 54.6 Å². The highest BCUT2D eigenvalue weighted by Gasteiger charge is 2.30. The highest BCUT2D eigenvalue weighted by atomic mass is 32.2. The second-order valence-corrected chi connectivity index (χ2v) is 9.69. The number of hydrogen-bond acceptors (Lipinski definition) is 6. The summed E-state index contributed by atoms with van der Waals surface area (Å²) in [7, 11) is -3.28. The molecule has 1 aliphatic rings. The fraction of sp³-hybridized carbons (Fsp3) is 0.588. The molecule has 1 N–H and O–H groups in total. The van der Waals surface area contributed by atoms with Crippen molar-refractivity contribution in [2.75, 3.05) is 19.3 Å². The van der Waals surface area contributed by atoms with Gasteiger partial charge in [-0.25, -0.2) is 23.1 Å². The minimum Gasteiger partial charge on any atom is -0.334 e. The summed E-state index contributed by atoms with van der Waals surface area (Å²) in [6.45, 7) is 6.62. The number of fused-ring (bicyclic) bond motifs is 1. The second-order valence-electron chi connectivity index (χ2n) is 6.86. The van der Waals surface area contributed by atoms with Crippen molar-refractivity contribution in [2.24, 2.45) is 0 Å². The summed E-state index contributed by atoms with van der Waals surface area (Å²) in [5.74, 6) is 0.658. The SMILES string of the molecule is Cc1nc(C)c2c(C)c(C(=O)N3CCCC[C@@H]3CNS(C)(=O)=O)sc2n1. The predicted octanol–water partition coefficient (Wildman–Crippen LogP) is 2.16. The molecule has 1 atom stereocenters. The molecule has 3 rings (SSSR count). The third-order valence-corrected chi connectivity index (χ3v) is 6.61. The van der Waals surface area contributed by atoms with Gasteiger partial charge in [0.1, 0.15) is 10.7 Å². The summed E-state index contributed by atoms with van der Waals surface area (Å²) in [5, 5.41) is 0.951. The van der Waals surface area contributed by atoms with E-state index in [1.165, 1.54) is 11.3 Å². The van der Waals surface area contributed by atoms with Gasteiger partial charge in [0, 0.05) is 30.2 Å². The molecule has 1 fully saturated rings. The Bertz CT molecular complexity index is 953. The van der Waals surface area contributed by atoms with E-state index in [0.717, 1.165) is 47.0 Å². The highest BCUT2D eigenvalue weighted by molar-refractivity contribution is 7.88. The number of piperidine rings is 1. The molecular weight excluding hydrogens is 372 g/mol. The van der Waals surface area contributed by atoms with Gasteiger partial charge in [-0.2, -0.15) is 0 Å². The maximum atomic E-state index is 13.2. The molecule has 1 amide bonds. The third kappa shape index (κ3) is 3.89. The Morgan fingerprint density at radius 2 is 2.00 bits per heavy atom. The summed E-state index contributed by atoms with van der Waals surface area (Å²) < 4.78 is 25.4. The van der Waals surface area contributed by atoms with Crippen LogP contribution in [0.25, 0.3) is 10.2 Å². The minimum absolute atomic E-state index is 0.0393. The Morgan fingerprint density at radius 1 is 1.27 bits per heavy atom. The maximum Gasteiger partial charge on any atom is 0.264 e. The highest BCUT2D eigenvalue weighted by Crippen LogP contribution is 2.33. The second kappa shape index (κ2) is 7.21. The molecule has 3 heterocycles. The van der Waals surface area contributed by atoms with Crippen molar-refractivity contribution in [3.8, 4) is 0 Å². The van der Waals surface area contributed by atoms with Crippen molar-refractivity contribution in [3.63, 3.8) is 0 Å². The van der Waals surface area contributed by atoms with Crippen molar-refractivity contribution in [1.29, 1.82) is 0 Å². The van der Waals surface area contributed by atoms with Gasteiger partial charge in [-0.3, -0.25) is 4.79 Å². The first kappa shape index (κ1) is 19.2. The van der Waals surface area contributed by atoms with Crippen molar-refractivity contribution in [3.05, 3.63) is 22.0 Å². The number of hydrogen-bond donors (Lipinski definition) is 1. The molecule has 0 spiro atoms. The van der Waals surface area contributed by atoms with Gasteiger partial charge in [-0.05, 0) is 45.6 Å². The molecule has 1 aliphatic heterocycles. The van der Waals surface area contributed by atoms with Gasteiger partial charge in [-0.15, -0.1) is 11.3 Å². The molecule has 0 radical (unpaired) electrons. The van der Waals surface area contributed by atoms with Crippen LogP contribution in [0.3, 0.4) is 0 Å². The smallest absolute Gasteiger partial charge is 0.264 e. The number of thiophene rings is 1. The van der Waals surface area contributed by atoms with Crippen LogP contribution < -0.4 is 4.72 Å². The molecule has 2 aromatic heterocycles. The normalized spacial score (nSPS) is 18.5. The van der Waals surface area contributed by atoms with Crippen LogP contribution in [-0.2, 0) is 10.0 Å². The largest absolute Gasteiger partial charge is 0.334 e. The number of likely N-dealkylation sites (tertiary alicyclic amines) is 1. The van der Waals surface area contributed by atoms with E-state index >= 15 is 0 Å². The number of amides is 1. The summed E-state index contributed by atoms with van der Waals surface area (Å²) in [5.41, 5.74) is 1.79. The number of nitrogens with one attached hydrogen (secondary N) is 1. The first-order chi connectivity index (χ1) is 12.2. The van der Waals surface area contributed by atoms with Gasteiger partial charge in [-0.1, -0.05) is 0 Å². The zero-order chi connectivity index (χ0) is 19.1. The monoisotopic (exact) mass is 396 g/mol. The lowest BCUT2D eigenvalue weighted by Crippen LogP contribution is -2.49. The quantitative estimate of drug-likeness (QED) is 0.855. The average Bonchev–Trinajstić information content (AvgIpc) is 2.88. The molecule has 0 saturated carbocycles. The Hall–Kier alpha value is -1.58. The van der Waals surface area contributed by atoms with Crippen molar-refractivity contribution in [1.82, 2.24) is 19.6 Å². The summed E-state index contributed by atoms with van der Waals surface area (Å²) in [6, 6.07) is -0.121. The molecule has 2 aromatic rings. The Kier molecular flexibility index (Phi) is 5.32. The van der Waals surface area contributed by atoms with Crippen LogP contribution in [0.4, 0.5) is 0 Å². The third-order valence-electron chi connectivity index (χ3n) is 4.75. The molecule has 26 heavy (non-hydrogen) atoms. The van der Waals surface area contributed by atoms with E-state index in [1.807, 2.05) is 25.7 Å². The molecular formula is C17H24N4O3S2. The van der Waals surface area contributed by atoms with Gasteiger partial charge >= 0.3 is 0 Å². The Balaban J connectivity index is 1.93. The molecule has 7 nitrogen and oxygen atoms in total. The molecule has 1 saturated heterocycles. The van der Waals surface area contributed by atoms with E-state index < -0.39 is 10.0 Å². The van der Waals surface area contributed by atoms with Crippen LogP contribution >= 0.6 is 11.3 Å². The molecule has 0 aliphatic carbocycles. The van der Waals surface area contributed by atoms with E-state index in [4.69, 9.17) is 0 Å². The number of nitrogens with zero attached hydrogens (tertiary/aromatic N) is 3. The van der Waals surface area contributed by atoms with Crippen molar-refractivity contribution in [2.45, 2.75) is 46.1 Å². The van der Waals surface area contributed by atoms with Gasteiger partial charge < -0.3 is 4.90 Å². The lowest BCUT2D eigenvalue weighted by molar-refractivity contribution is 0.0623. The summed E-state index contributed by atoms with van der Waals surface area (Å²) in [4.78, 5) is 25.4. The fourth-order valence-corrected chi connectivity index (χ4v) is 5.26. The summed E-state index contributed by atoms with van der Waals surface area (Å²) in [6.07, 6.45) is 3.87. The van der Waals surface area contributed by atoms with Crippen molar-refractivity contribution < 1.29 is 13.2 Å². The molecule has 0 aromatic carbocycles. The van der Waals surface area contributed by atoms with Gasteiger partial charge in [0.15, 0.2) is 0 Å². The Labute approximate surface area is 157 Å². The molecule has 0 bridgehead atoms. The first-order valence-electron chi connectivity index (χ1n) is 8.67. The lowest BCUT2D eigenvalue weighted by atomic mass is 10.0. The number of rotatable bonds is 4. The number of carbonyl (C=O) groups excluding carboxylic acids is 1. The predicted molar refractivity (Wildman–Crippen MR) is 103 cm³/mol. The van der Waals surface area contributed by atoms with Crippen LogP contribution in [0.1, 0.15) is 46.0 Å². The Morgan fingerprint density at radius 3 is 2.69 bits per heavy atom. The molecule has 9 heteroatoms. The first-order valence-corrected chi connectivity index (χ1v) is 11.4. The van der Waals surface area contributed by atoms with E-state index in [1.54, 1.807) is 0 Å². The standard InChI is InChI=1S/C17H24N4O3S2/c1-10-14-11(2)19-12(3)20-16(14)25-15(10)17(22)21-8-6-5-7-13(21)9-18-26(4,23)24/h13,18H,5-9H2,1-4H3/t13-/m1/s1. The van der Waals surface area contributed by atoms with E-state index in [-0.39, 0.29) is 18.5 Å². The van der Waals surface area contributed by atoms with Gasteiger partial charge in [0.25, 0.3) is 5.91 Å². The molecule has 142 valence electrons. The van der Waals surface area contributed by atoms with E-state index in [0.29, 0.717) is 17.2 Å². The fourth-order valence-electron chi connectivity index (χ4n) is 3.54. The zero-order valence-electron chi connectivity index (χ0n) is 15.5. The van der Waals surface area contributed by atoms with Gasteiger partial charge in [0.05, 0.1) is 11.1 Å². The van der Waals surface area contributed by atoms with Crippen LogP contribution in [0.2, 0.25) is 0 Å². The number of aromatic nitrogens is 2. The minimum atomic E-state index is -3.28. The van der Waals surface area contributed by atoms with E-state index in [9.17, 15) is 13.2 Å². The van der Waals surface area contributed by atoms with Crippen molar-refractivity contribution >= 4 is 37.5 Å².